The highest BCUT2D eigenvalue weighted by Crippen LogP contribution is 2.34. The first-order valence-electron chi connectivity index (χ1n) is 8.24. The minimum absolute atomic E-state index is 0.0336. The summed E-state index contributed by atoms with van der Waals surface area (Å²) in [7, 11) is 0. The quantitative estimate of drug-likeness (QED) is 0.638. The first-order chi connectivity index (χ1) is 12.3. The summed E-state index contributed by atoms with van der Waals surface area (Å²) in [6, 6.07) is 7.40. The average molecular weight is 397 g/mol. The van der Waals surface area contributed by atoms with Crippen LogP contribution < -0.4 is 10.6 Å². The SMILES string of the molecule is CC(C)CC(CNC(=O)CNC(=O)c1sc2ccccc2c1Cl)C(=O)O. The Morgan fingerprint density at radius 2 is 1.88 bits per heavy atom. The van der Waals surface area contributed by atoms with Gasteiger partial charge in [-0.05, 0) is 18.4 Å². The van der Waals surface area contributed by atoms with E-state index in [1.807, 2.05) is 38.1 Å². The monoisotopic (exact) mass is 396 g/mol. The third-order valence-electron chi connectivity index (χ3n) is 3.80. The molecule has 0 aliphatic heterocycles. The van der Waals surface area contributed by atoms with Gasteiger partial charge in [0.15, 0.2) is 0 Å². The van der Waals surface area contributed by atoms with E-state index in [1.54, 1.807) is 0 Å². The molecule has 0 aliphatic rings. The third kappa shape index (κ3) is 5.19. The number of fused-ring (bicyclic) bond motifs is 1. The Labute approximate surface area is 160 Å². The minimum Gasteiger partial charge on any atom is -0.481 e. The molecule has 2 rings (SSSR count). The Morgan fingerprint density at radius 1 is 1.19 bits per heavy atom. The molecule has 1 aromatic carbocycles. The van der Waals surface area contributed by atoms with Crippen molar-refractivity contribution >= 4 is 50.8 Å². The molecule has 0 saturated heterocycles. The highest BCUT2D eigenvalue weighted by atomic mass is 35.5. The summed E-state index contributed by atoms with van der Waals surface area (Å²) < 4.78 is 0.894. The summed E-state index contributed by atoms with van der Waals surface area (Å²) >= 11 is 7.50. The maximum Gasteiger partial charge on any atom is 0.308 e. The largest absolute Gasteiger partial charge is 0.481 e. The number of carboxylic acids is 1. The number of hydrogen-bond acceptors (Lipinski definition) is 4. The number of hydrogen-bond donors (Lipinski definition) is 3. The fraction of sp³-hybridized carbons (Fsp3) is 0.389. The van der Waals surface area contributed by atoms with E-state index in [9.17, 15) is 14.4 Å². The topological polar surface area (TPSA) is 95.5 Å². The maximum atomic E-state index is 12.3. The number of carboxylic acid groups (broad SMARTS) is 1. The van der Waals surface area contributed by atoms with Crippen LogP contribution in [0.25, 0.3) is 10.1 Å². The molecule has 2 amide bonds. The molecule has 140 valence electrons. The van der Waals surface area contributed by atoms with Crippen LogP contribution >= 0.6 is 22.9 Å². The van der Waals surface area contributed by atoms with Crippen LogP contribution in [0.5, 0.6) is 0 Å². The average Bonchev–Trinajstić information content (AvgIpc) is 2.93. The van der Waals surface area contributed by atoms with Crippen LogP contribution in [-0.4, -0.2) is 36.0 Å². The van der Waals surface area contributed by atoms with Gasteiger partial charge < -0.3 is 15.7 Å². The lowest BCUT2D eigenvalue weighted by Gasteiger charge is -2.15. The molecule has 3 N–H and O–H groups in total. The van der Waals surface area contributed by atoms with Gasteiger partial charge in [-0.2, -0.15) is 0 Å². The number of amides is 2. The van der Waals surface area contributed by atoms with Gasteiger partial charge in [0, 0.05) is 16.6 Å². The molecule has 1 aromatic heterocycles. The third-order valence-corrected chi connectivity index (χ3v) is 5.48. The molecule has 1 heterocycles. The molecule has 1 unspecified atom stereocenters. The molecule has 0 radical (unpaired) electrons. The van der Waals surface area contributed by atoms with Gasteiger partial charge in [0.25, 0.3) is 5.91 Å². The van der Waals surface area contributed by atoms with Gasteiger partial charge in [-0.25, -0.2) is 0 Å². The molecular formula is C18H21ClN2O4S. The number of aliphatic carboxylic acids is 1. The number of rotatable bonds is 8. The molecule has 0 saturated carbocycles. The summed E-state index contributed by atoms with van der Waals surface area (Å²) in [5.74, 6) is -2.25. The van der Waals surface area contributed by atoms with Crippen LogP contribution in [0.3, 0.4) is 0 Å². The summed E-state index contributed by atoms with van der Waals surface area (Å²) in [4.78, 5) is 35.7. The molecule has 0 fully saturated rings. The van der Waals surface area contributed by atoms with Crippen molar-refractivity contribution in [3.63, 3.8) is 0 Å². The van der Waals surface area contributed by atoms with Crippen molar-refractivity contribution in [2.45, 2.75) is 20.3 Å². The lowest BCUT2D eigenvalue weighted by molar-refractivity contribution is -0.142. The molecule has 26 heavy (non-hydrogen) atoms. The number of carbonyl (C=O) groups is 3. The van der Waals surface area contributed by atoms with E-state index in [1.165, 1.54) is 11.3 Å². The van der Waals surface area contributed by atoms with E-state index in [4.69, 9.17) is 16.7 Å². The lowest BCUT2D eigenvalue weighted by Crippen LogP contribution is -2.40. The number of carbonyl (C=O) groups excluding carboxylic acids is 2. The van der Waals surface area contributed by atoms with Gasteiger partial charge in [-0.3, -0.25) is 14.4 Å². The molecule has 0 spiro atoms. The summed E-state index contributed by atoms with van der Waals surface area (Å²) in [5, 5.41) is 15.4. The van der Waals surface area contributed by atoms with Gasteiger partial charge in [0.05, 0.1) is 17.5 Å². The Balaban J connectivity index is 1.89. The molecular weight excluding hydrogens is 376 g/mol. The predicted molar refractivity (Wildman–Crippen MR) is 103 cm³/mol. The van der Waals surface area contributed by atoms with Crippen LogP contribution in [0.4, 0.5) is 0 Å². The van der Waals surface area contributed by atoms with Crippen LogP contribution in [-0.2, 0) is 9.59 Å². The van der Waals surface area contributed by atoms with Gasteiger partial charge >= 0.3 is 5.97 Å². The van der Waals surface area contributed by atoms with E-state index in [2.05, 4.69) is 10.6 Å². The zero-order valence-corrected chi connectivity index (χ0v) is 16.1. The Bertz CT molecular complexity index is 819. The second-order valence-electron chi connectivity index (χ2n) is 6.39. The predicted octanol–water partition coefficient (Wildman–Crippen LogP) is 3.15. The smallest absolute Gasteiger partial charge is 0.308 e. The number of halogens is 1. The molecule has 0 bridgehead atoms. The van der Waals surface area contributed by atoms with Crippen molar-refractivity contribution in [3.05, 3.63) is 34.2 Å². The fourth-order valence-corrected chi connectivity index (χ4v) is 3.97. The molecule has 0 aliphatic carbocycles. The second-order valence-corrected chi connectivity index (χ2v) is 7.82. The lowest BCUT2D eigenvalue weighted by atomic mass is 9.97. The van der Waals surface area contributed by atoms with Crippen molar-refractivity contribution in [2.24, 2.45) is 11.8 Å². The zero-order chi connectivity index (χ0) is 19.3. The van der Waals surface area contributed by atoms with Crippen molar-refractivity contribution in [2.75, 3.05) is 13.1 Å². The Kier molecular flexibility index (Phi) is 6.99. The van der Waals surface area contributed by atoms with Gasteiger partial charge in [-0.15, -0.1) is 11.3 Å². The van der Waals surface area contributed by atoms with Crippen molar-refractivity contribution < 1.29 is 19.5 Å². The minimum atomic E-state index is -0.944. The van der Waals surface area contributed by atoms with E-state index < -0.39 is 23.7 Å². The normalized spacial score (nSPS) is 12.2. The van der Waals surface area contributed by atoms with Crippen LogP contribution in [0.2, 0.25) is 5.02 Å². The Morgan fingerprint density at radius 3 is 2.50 bits per heavy atom. The summed E-state index contributed by atoms with van der Waals surface area (Å²) in [5.41, 5.74) is 0. The first-order valence-corrected chi connectivity index (χ1v) is 9.43. The number of benzene rings is 1. The van der Waals surface area contributed by atoms with Gasteiger partial charge in [0.1, 0.15) is 4.88 Å². The highest BCUT2D eigenvalue weighted by molar-refractivity contribution is 7.21. The molecule has 8 heteroatoms. The molecule has 1 atom stereocenters. The molecule has 6 nitrogen and oxygen atoms in total. The fourth-order valence-electron chi connectivity index (χ4n) is 2.54. The molecule has 2 aromatic rings. The van der Waals surface area contributed by atoms with E-state index >= 15 is 0 Å². The van der Waals surface area contributed by atoms with Crippen molar-refractivity contribution in [1.82, 2.24) is 10.6 Å². The number of nitrogens with one attached hydrogen (secondary N) is 2. The van der Waals surface area contributed by atoms with Crippen LogP contribution in [0.15, 0.2) is 24.3 Å². The number of thiophene rings is 1. The zero-order valence-electron chi connectivity index (χ0n) is 14.5. The van der Waals surface area contributed by atoms with Crippen LogP contribution in [0.1, 0.15) is 29.9 Å². The standard InChI is InChI=1S/C18H21ClN2O4S/c1-10(2)7-11(18(24)25)8-20-14(22)9-21-17(23)16-15(19)12-5-3-4-6-13(12)26-16/h3-6,10-11H,7-9H2,1-2H3,(H,20,22)(H,21,23)(H,24,25). The van der Waals surface area contributed by atoms with E-state index in [0.29, 0.717) is 16.3 Å². The van der Waals surface area contributed by atoms with Crippen molar-refractivity contribution in [1.29, 1.82) is 0 Å². The van der Waals surface area contributed by atoms with Gasteiger partial charge in [-0.1, -0.05) is 43.6 Å². The van der Waals surface area contributed by atoms with E-state index in [-0.39, 0.29) is 19.0 Å². The van der Waals surface area contributed by atoms with Crippen LogP contribution in [0, 0.1) is 11.8 Å². The summed E-state index contributed by atoms with van der Waals surface area (Å²) in [6.45, 7) is 3.64. The second kappa shape index (κ2) is 9.00. The first kappa shape index (κ1) is 20.2. The van der Waals surface area contributed by atoms with E-state index in [0.717, 1.165) is 10.1 Å². The van der Waals surface area contributed by atoms with Gasteiger partial charge in [0.2, 0.25) is 5.91 Å². The Hall–Kier alpha value is -2.12. The summed E-state index contributed by atoms with van der Waals surface area (Å²) in [6.07, 6.45) is 0.472. The van der Waals surface area contributed by atoms with Crippen molar-refractivity contribution in [3.8, 4) is 0 Å². The highest BCUT2D eigenvalue weighted by Gasteiger charge is 2.21. The maximum absolute atomic E-state index is 12.3.